The Morgan fingerprint density at radius 3 is 1.87 bits per heavy atom. The Hall–Kier alpha value is -0.410. The molecular formula is C10H15O3PS. The number of hydrogen-bond donors (Lipinski definition) is 0. The zero-order valence-corrected chi connectivity index (χ0v) is 11.0. The predicted octanol–water partition coefficient (Wildman–Crippen LogP) is 3.20. The van der Waals surface area contributed by atoms with Gasteiger partial charge >= 0.3 is 6.72 Å². The van der Waals surface area contributed by atoms with Gasteiger partial charge in [-0.15, -0.1) is 0 Å². The van der Waals surface area contributed by atoms with Crippen LogP contribution in [-0.2, 0) is 20.9 Å². The van der Waals surface area contributed by atoms with Crippen molar-refractivity contribution in [2.75, 3.05) is 14.2 Å². The summed E-state index contributed by atoms with van der Waals surface area (Å²) in [5, 5.41) is 0. The van der Waals surface area contributed by atoms with Crippen LogP contribution in [0.2, 0.25) is 0 Å². The Morgan fingerprint density at radius 1 is 1.00 bits per heavy atom. The minimum atomic E-state index is -2.61. The van der Waals surface area contributed by atoms with Crippen LogP contribution in [0.4, 0.5) is 0 Å². The maximum absolute atomic E-state index is 5.54. The largest absolute Gasteiger partial charge is 0.424 e. The summed E-state index contributed by atoms with van der Waals surface area (Å²) in [7, 11) is 2.99. The van der Waals surface area contributed by atoms with Gasteiger partial charge in [0, 0.05) is 26.0 Å². The molecule has 0 radical (unpaired) electrons. The molecule has 1 aromatic carbocycles. The third-order valence-electron chi connectivity index (χ3n) is 1.86. The van der Waals surface area contributed by atoms with Crippen molar-refractivity contribution in [2.24, 2.45) is 0 Å². The van der Waals surface area contributed by atoms with Crippen LogP contribution in [0.1, 0.15) is 11.1 Å². The van der Waals surface area contributed by atoms with Crippen molar-refractivity contribution >= 4 is 18.5 Å². The molecule has 0 aliphatic carbocycles. The number of hydrogen-bond acceptors (Lipinski definition) is 4. The normalized spacial score (nSPS) is 11.5. The Morgan fingerprint density at radius 2 is 1.47 bits per heavy atom. The van der Waals surface area contributed by atoms with Gasteiger partial charge in [-0.05, 0) is 37.1 Å². The Balaban J connectivity index is 2.93. The van der Waals surface area contributed by atoms with Gasteiger partial charge in [0.05, 0.1) is 0 Å². The van der Waals surface area contributed by atoms with Crippen LogP contribution < -0.4 is 4.52 Å². The molecule has 3 nitrogen and oxygen atoms in total. The van der Waals surface area contributed by atoms with E-state index in [4.69, 9.17) is 25.4 Å². The van der Waals surface area contributed by atoms with Crippen molar-refractivity contribution in [3.8, 4) is 5.75 Å². The van der Waals surface area contributed by atoms with Gasteiger partial charge in [-0.3, -0.25) is 0 Å². The highest BCUT2D eigenvalue weighted by atomic mass is 32.5. The molecule has 1 aromatic rings. The quantitative estimate of drug-likeness (QED) is 0.762. The molecule has 0 fully saturated rings. The minimum absolute atomic E-state index is 0.694. The molecule has 1 rings (SSSR count). The maximum Gasteiger partial charge on any atom is 0.380 e. The second-order valence-corrected chi connectivity index (χ2v) is 6.38. The molecule has 0 amide bonds. The fraction of sp³-hybridized carbons (Fsp3) is 0.400. The van der Waals surface area contributed by atoms with Gasteiger partial charge in [0.25, 0.3) is 0 Å². The lowest BCUT2D eigenvalue weighted by Crippen LogP contribution is -1.97. The highest BCUT2D eigenvalue weighted by Gasteiger charge is 2.18. The molecule has 0 saturated heterocycles. The summed E-state index contributed by atoms with van der Waals surface area (Å²) in [6.45, 7) is 1.40. The maximum atomic E-state index is 5.54. The van der Waals surface area contributed by atoms with Crippen molar-refractivity contribution in [3.05, 3.63) is 29.3 Å². The molecule has 0 aliphatic heterocycles. The van der Waals surface area contributed by atoms with E-state index in [1.807, 2.05) is 26.0 Å². The lowest BCUT2D eigenvalue weighted by atomic mass is 10.1. The van der Waals surface area contributed by atoms with Crippen LogP contribution >= 0.6 is 6.72 Å². The topological polar surface area (TPSA) is 27.7 Å². The molecule has 0 unspecified atom stereocenters. The summed E-state index contributed by atoms with van der Waals surface area (Å²) >= 11 is 5.12. The second kappa shape index (κ2) is 5.08. The molecule has 0 atom stereocenters. The zero-order chi connectivity index (χ0) is 11.5. The van der Waals surface area contributed by atoms with Gasteiger partial charge in [-0.2, -0.15) is 0 Å². The van der Waals surface area contributed by atoms with Crippen molar-refractivity contribution in [3.63, 3.8) is 0 Å². The van der Waals surface area contributed by atoms with Crippen LogP contribution in [0.3, 0.4) is 0 Å². The highest BCUT2D eigenvalue weighted by Crippen LogP contribution is 2.48. The monoisotopic (exact) mass is 246 g/mol. The first kappa shape index (κ1) is 12.7. The van der Waals surface area contributed by atoms with Crippen LogP contribution in [0, 0.1) is 13.8 Å². The second-order valence-electron chi connectivity index (χ2n) is 3.23. The van der Waals surface area contributed by atoms with Crippen LogP contribution in [0.15, 0.2) is 18.2 Å². The highest BCUT2D eigenvalue weighted by molar-refractivity contribution is 8.07. The molecule has 0 aromatic heterocycles. The van der Waals surface area contributed by atoms with Crippen molar-refractivity contribution < 1.29 is 13.6 Å². The first-order chi connectivity index (χ1) is 6.99. The molecule has 0 saturated carbocycles. The number of aryl methyl sites for hydroxylation is 2. The lowest BCUT2D eigenvalue weighted by Gasteiger charge is -2.18. The van der Waals surface area contributed by atoms with Crippen molar-refractivity contribution in [2.45, 2.75) is 13.8 Å². The Kier molecular flexibility index (Phi) is 4.29. The molecule has 0 N–H and O–H groups in total. The van der Waals surface area contributed by atoms with Gasteiger partial charge in [0.2, 0.25) is 0 Å². The van der Waals surface area contributed by atoms with E-state index in [0.717, 1.165) is 11.1 Å². The van der Waals surface area contributed by atoms with Crippen molar-refractivity contribution in [1.82, 2.24) is 0 Å². The third-order valence-corrected chi connectivity index (χ3v) is 4.31. The predicted molar refractivity (Wildman–Crippen MR) is 64.8 cm³/mol. The van der Waals surface area contributed by atoms with E-state index < -0.39 is 6.72 Å². The Bertz CT molecular complexity index is 364. The summed E-state index contributed by atoms with van der Waals surface area (Å²) in [5.41, 5.74) is 2.25. The van der Waals surface area contributed by atoms with E-state index in [0.29, 0.717) is 5.75 Å². The van der Waals surface area contributed by atoms with Crippen LogP contribution in [-0.4, -0.2) is 14.2 Å². The van der Waals surface area contributed by atoms with Crippen LogP contribution in [0.5, 0.6) is 5.75 Å². The molecule has 15 heavy (non-hydrogen) atoms. The average molecular weight is 246 g/mol. The summed E-state index contributed by atoms with van der Waals surface area (Å²) in [5.74, 6) is 0.694. The van der Waals surface area contributed by atoms with Gasteiger partial charge in [-0.25, -0.2) is 0 Å². The van der Waals surface area contributed by atoms with E-state index in [2.05, 4.69) is 6.07 Å². The molecule has 0 bridgehead atoms. The molecule has 0 spiro atoms. The lowest BCUT2D eigenvalue weighted by molar-refractivity contribution is 0.273. The zero-order valence-electron chi connectivity index (χ0n) is 9.31. The molecular weight excluding hydrogens is 231 g/mol. The standard InChI is InChI=1S/C10H15O3PS/c1-8-5-9(2)7-10(6-8)13-14(15,11-3)12-4/h5-7H,1-4H3. The summed E-state index contributed by atoms with van der Waals surface area (Å²) in [4.78, 5) is 0. The number of benzene rings is 1. The first-order valence-corrected chi connectivity index (χ1v) is 7.04. The van der Waals surface area contributed by atoms with Crippen LogP contribution in [0.25, 0.3) is 0 Å². The molecule has 0 aliphatic rings. The van der Waals surface area contributed by atoms with Crippen molar-refractivity contribution in [1.29, 1.82) is 0 Å². The van der Waals surface area contributed by atoms with E-state index in [1.54, 1.807) is 0 Å². The average Bonchev–Trinajstić information content (AvgIpc) is 2.16. The first-order valence-electron chi connectivity index (χ1n) is 4.48. The summed E-state index contributed by atoms with van der Waals surface area (Å²) in [6, 6.07) is 5.88. The van der Waals surface area contributed by atoms with E-state index in [-0.39, 0.29) is 0 Å². The van der Waals surface area contributed by atoms with Gasteiger partial charge < -0.3 is 13.6 Å². The van der Waals surface area contributed by atoms with E-state index in [9.17, 15) is 0 Å². The van der Waals surface area contributed by atoms with Gasteiger partial charge in [0.1, 0.15) is 5.75 Å². The minimum Gasteiger partial charge on any atom is -0.424 e. The summed E-state index contributed by atoms with van der Waals surface area (Å²) in [6.07, 6.45) is 0. The van der Waals surface area contributed by atoms with Gasteiger partial charge in [-0.1, -0.05) is 6.07 Å². The van der Waals surface area contributed by atoms with Gasteiger partial charge in [0.15, 0.2) is 0 Å². The molecule has 0 heterocycles. The Labute approximate surface area is 95.6 Å². The fourth-order valence-corrected chi connectivity index (χ4v) is 2.18. The third kappa shape index (κ3) is 3.58. The molecule has 5 heteroatoms. The summed E-state index contributed by atoms with van der Waals surface area (Å²) < 4.78 is 15.6. The smallest absolute Gasteiger partial charge is 0.380 e. The fourth-order valence-electron chi connectivity index (χ4n) is 1.26. The van der Waals surface area contributed by atoms with E-state index in [1.165, 1.54) is 14.2 Å². The van der Waals surface area contributed by atoms with E-state index >= 15 is 0 Å². The molecule has 84 valence electrons. The SMILES string of the molecule is COP(=S)(OC)Oc1cc(C)cc(C)c1. The number of rotatable bonds is 4.